The minimum Gasteiger partial charge on any atom is -0.399 e. The lowest BCUT2D eigenvalue weighted by Crippen LogP contribution is -2.13. The third kappa shape index (κ3) is 2.49. The Labute approximate surface area is 123 Å². The minimum absolute atomic E-state index is 0.0769. The number of hydrogen-bond donors (Lipinski definition) is 2. The molecule has 5 heteroatoms. The van der Waals surface area contributed by atoms with Gasteiger partial charge in [0.15, 0.2) is 0 Å². The van der Waals surface area contributed by atoms with Crippen molar-refractivity contribution in [3.05, 3.63) is 60.7 Å². The number of rotatable bonds is 2. The zero-order chi connectivity index (χ0) is 15.0. The Morgan fingerprint density at radius 2 is 1.52 bits per heavy atom. The molecule has 0 amide bonds. The summed E-state index contributed by atoms with van der Waals surface area (Å²) in [5, 5.41) is 7.30. The topological polar surface area (TPSA) is 86.2 Å². The molecule has 0 atom stereocenters. The Balaban J connectivity index is 2.41. The highest BCUT2D eigenvalue weighted by atomic mass is 32.2. The van der Waals surface area contributed by atoms with E-state index in [2.05, 4.69) is 0 Å². The van der Waals surface area contributed by atoms with Gasteiger partial charge in [-0.1, -0.05) is 42.5 Å². The van der Waals surface area contributed by atoms with Crippen LogP contribution < -0.4 is 10.9 Å². The first kappa shape index (κ1) is 13.6. The van der Waals surface area contributed by atoms with Crippen LogP contribution in [0.1, 0.15) is 0 Å². The van der Waals surface area contributed by atoms with Gasteiger partial charge in [0.05, 0.1) is 4.90 Å². The predicted octanol–water partition coefficient (Wildman–Crippen LogP) is 2.74. The van der Waals surface area contributed by atoms with E-state index < -0.39 is 10.0 Å². The summed E-state index contributed by atoms with van der Waals surface area (Å²) in [6.45, 7) is 0. The summed E-state index contributed by atoms with van der Waals surface area (Å²) in [6, 6.07) is 18.1. The van der Waals surface area contributed by atoms with Gasteiger partial charge in [0.25, 0.3) is 0 Å². The molecule has 0 radical (unpaired) electrons. The van der Waals surface area contributed by atoms with Crippen molar-refractivity contribution in [3.8, 4) is 11.1 Å². The van der Waals surface area contributed by atoms with Crippen molar-refractivity contribution in [2.24, 2.45) is 5.14 Å². The quantitative estimate of drug-likeness (QED) is 0.713. The fraction of sp³-hybridized carbons (Fsp3) is 0. The normalized spacial score (nSPS) is 11.7. The Bertz CT molecular complexity index is 929. The molecule has 0 heterocycles. The summed E-state index contributed by atoms with van der Waals surface area (Å²) in [7, 11) is -3.82. The van der Waals surface area contributed by atoms with Crippen LogP contribution in [0, 0.1) is 0 Å². The summed E-state index contributed by atoms with van der Waals surface area (Å²) in [4.78, 5) is 0.0769. The van der Waals surface area contributed by atoms with Crippen molar-refractivity contribution in [2.45, 2.75) is 4.90 Å². The molecule has 3 aromatic rings. The van der Waals surface area contributed by atoms with Crippen LogP contribution in [-0.2, 0) is 10.0 Å². The Morgan fingerprint density at radius 3 is 2.29 bits per heavy atom. The van der Waals surface area contributed by atoms with Crippen LogP contribution in [0.4, 0.5) is 5.69 Å². The molecule has 21 heavy (non-hydrogen) atoms. The van der Waals surface area contributed by atoms with Gasteiger partial charge in [-0.15, -0.1) is 0 Å². The third-order valence-electron chi connectivity index (χ3n) is 3.39. The van der Waals surface area contributed by atoms with Crippen LogP contribution >= 0.6 is 0 Å². The van der Waals surface area contributed by atoms with Gasteiger partial charge in [0.1, 0.15) is 0 Å². The number of primary sulfonamides is 1. The van der Waals surface area contributed by atoms with Crippen molar-refractivity contribution < 1.29 is 8.42 Å². The van der Waals surface area contributed by atoms with Crippen molar-refractivity contribution in [3.63, 3.8) is 0 Å². The summed E-state index contributed by atoms with van der Waals surface area (Å²) in [6.07, 6.45) is 0. The van der Waals surface area contributed by atoms with Crippen molar-refractivity contribution >= 4 is 26.5 Å². The molecule has 0 unspecified atom stereocenters. The van der Waals surface area contributed by atoms with Gasteiger partial charge in [-0.25, -0.2) is 13.6 Å². The number of fused-ring (bicyclic) bond motifs is 1. The van der Waals surface area contributed by atoms with Crippen LogP contribution in [0.25, 0.3) is 21.9 Å². The second kappa shape index (κ2) is 4.87. The highest BCUT2D eigenvalue weighted by molar-refractivity contribution is 7.89. The SMILES string of the molecule is Nc1ccc(S(N)(=O)=O)c(-c2cccc3ccccc23)c1. The molecule has 4 N–H and O–H groups in total. The molecular formula is C16H14N2O2S. The largest absolute Gasteiger partial charge is 0.399 e. The van der Waals surface area contributed by atoms with Crippen molar-refractivity contribution in [1.82, 2.24) is 0 Å². The highest BCUT2D eigenvalue weighted by Gasteiger charge is 2.16. The molecule has 0 aliphatic carbocycles. The first-order valence-electron chi connectivity index (χ1n) is 6.37. The minimum atomic E-state index is -3.82. The number of hydrogen-bond acceptors (Lipinski definition) is 3. The number of sulfonamides is 1. The van der Waals surface area contributed by atoms with Gasteiger partial charge < -0.3 is 5.73 Å². The molecule has 4 nitrogen and oxygen atoms in total. The predicted molar refractivity (Wildman–Crippen MR) is 85.2 cm³/mol. The van der Waals surface area contributed by atoms with E-state index >= 15 is 0 Å². The average molecular weight is 298 g/mol. The second-order valence-electron chi connectivity index (χ2n) is 4.83. The molecule has 3 rings (SSSR count). The number of benzene rings is 3. The second-order valence-corrected chi connectivity index (χ2v) is 6.36. The Kier molecular flexibility index (Phi) is 3.16. The smallest absolute Gasteiger partial charge is 0.238 e. The first-order valence-corrected chi connectivity index (χ1v) is 7.92. The summed E-state index contributed by atoms with van der Waals surface area (Å²) >= 11 is 0. The van der Waals surface area contributed by atoms with Crippen LogP contribution in [0.5, 0.6) is 0 Å². The van der Waals surface area contributed by atoms with Gasteiger partial charge >= 0.3 is 0 Å². The maximum Gasteiger partial charge on any atom is 0.238 e. The zero-order valence-electron chi connectivity index (χ0n) is 11.2. The summed E-state index contributed by atoms with van der Waals surface area (Å²) in [5.41, 5.74) is 7.63. The molecule has 0 saturated heterocycles. The van der Waals surface area contributed by atoms with Crippen molar-refractivity contribution in [1.29, 1.82) is 0 Å². The van der Waals surface area contributed by atoms with Gasteiger partial charge in [-0.2, -0.15) is 0 Å². The van der Waals surface area contributed by atoms with Crippen LogP contribution in [0.2, 0.25) is 0 Å². The zero-order valence-corrected chi connectivity index (χ0v) is 12.0. The third-order valence-corrected chi connectivity index (χ3v) is 4.36. The fourth-order valence-corrected chi connectivity index (χ4v) is 3.20. The molecule has 0 aliphatic rings. The van der Waals surface area contributed by atoms with E-state index in [4.69, 9.17) is 10.9 Å². The van der Waals surface area contributed by atoms with Crippen LogP contribution in [0.3, 0.4) is 0 Å². The van der Waals surface area contributed by atoms with Gasteiger partial charge in [0, 0.05) is 11.3 Å². The molecule has 0 aromatic heterocycles. The summed E-state index contributed by atoms with van der Waals surface area (Å²) in [5.74, 6) is 0. The Morgan fingerprint density at radius 1 is 0.810 bits per heavy atom. The van der Waals surface area contributed by atoms with E-state index in [0.717, 1.165) is 16.3 Å². The van der Waals surface area contributed by atoms with Crippen molar-refractivity contribution in [2.75, 3.05) is 5.73 Å². The van der Waals surface area contributed by atoms with Gasteiger partial charge in [0.2, 0.25) is 10.0 Å². The summed E-state index contributed by atoms with van der Waals surface area (Å²) < 4.78 is 23.6. The van der Waals surface area contributed by atoms with E-state index in [-0.39, 0.29) is 4.90 Å². The molecule has 106 valence electrons. The van der Waals surface area contributed by atoms with Gasteiger partial charge in [-0.3, -0.25) is 0 Å². The standard InChI is InChI=1S/C16H14N2O2S/c17-12-8-9-16(21(18,19)20)15(10-12)14-7-3-5-11-4-1-2-6-13(11)14/h1-10H,17H2,(H2,18,19,20). The van der Waals surface area contributed by atoms with E-state index in [1.54, 1.807) is 6.07 Å². The molecule has 0 bridgehead atoms. The molecule has 0 spiro atoms. The van der Waals surface area contributed by atoms with E-state index in [1.165, 1.54) is 12.1 Å². The fourth-order valence-electron chi connectivity index (χ4n) is 2.47. The first-order chi connectivity index (χ1) is 9.97. The monoisotopic (exact) mass is 298 g/mol. The van der Waals surface area contributed by atoms with Gasteiger partial charge in [-0.05, 0) is 34.5 Å². The maximum absolute atomic E-state index is 11.8. The molecule has 0 aliphatic heterocycles. The number of nitrogen functional groups attached to an aromatic ring is 1. The van der Waals surface area contributed by atoms with E-state index in [0.29, 0.717) is 11.3 Å². The molecule has 0 fully saturated rings. The number of nitrogens with two attached hydrogens (primary N) is 2. The van der Waals surface area contributed by atoms with Crippen LogP contribution in [-0.4, -0.2) is 8.42 Å². The number of anilines is 1. The van der Waals surface area contributed by atoms with E-state index in [1.807, 2.05) is 42.5 Å². The lowest BCUT2D eigenvalue weighted by molar-refractivity contribution is 0.598. The molecular weight excluding hydrogens is 284 g/mol. The Hall–Kier alpha value is -2.37. The maximum atomic E-state index is 11.8. The van der Waals surface area contributed by atoms with Crippen LogP contribution in [0.15, 0.2) is 65.6 Å². The lowest BCUT2D eigenvalue weighted by Gasteiger charge is -2.12. The van der Waals surface area contributed by atoms with E-state index in [9.17, 15) is 8.42 Å². The molecule has 3 aromatic carbocycles. The average Bonchev–Trinajstić information content (AvgIpc) is 2.45. The lowest BCUT2D eigenvalue weighted by atomic mass is 9.98. The molecule has 0 saturated carbocycles. The highest BCUT2D eigenvalue weighted by Crippen LogP contribution is 2.33.